The molecule has 6 nitrogen and oxygen atoms in total. The van der Waals surface area contributed by atoms with E-state index >= 15 is 0 Å². The Balaban J connectivity index is 1.84. The molecular weight excluding hydrogens is 314 g/mol. The number of hydrogen-bond acceptors (Lipinski definition) is 4. The smallest absolute Gasteiger partial charge is 0.409 e. The van der Waals surface area contributed by atoms with Gasteiger partial charge in [0.15, 0.2) is 5.11 Å². The van der Waals surface area contributed by atoms with E-state index in [1.54, 1.807) is 24.0 Å². The van der Waals surface area contributed by atoms with Crippen LogP contribution in [0.5, 0.6) is 0 Å². The number of benzene rings is 1. The van der Waals surface area contributed by atoms with Gasteiger partial charge in [-0.15, -0.1) is 0 Å². The molecule has 0 saturated carbocycles. The fraction of sp³-hybridized carbons (Fsp3) is 0.438. The van der Waals surface area contributed by atoms with E-state index in [2.05, 4.69) is 5.32 Å². The zero-order valence-electron chi connectivity index (χ0n) is 13.4. The van der Waals surface area contributed by atoms with E-state index in [9.17, 15) is 9.59 Å². The van der Waals surface area contributed by atoms with Gasteiger partial charge in [0.1, 0.15) is 0 Å². The predicted octanol–water partition coefficient (Wildman–Crippen LogP) is 1.78. The number of ether oxygens (including phenoxy) is 1. The van der Waals surface area contributed by atoms with Crippen molar-refractivity contribution in [2.24, 2.45) is 0 Å². The van der Waals surface area contributed by atoms with Crippen LogP contribution in [0, 0.1) is 6.92 Å². The highest BCUT2D eigenvalue weighted by Gasteiger charge is 2.24. The average Bonchev–Trinajstić information content (AvgIpc) is 2.55. The maximum atomic E-state index is 12.2. The van der Waals surface area contributed by atoms with Crippen LogP contribution in [-0.2, 0) is 4.74 Å². The van der Waals surface area contributed by atoms with Gasteiger partial charge in [0.2, 0.25) is 0 Å². The summed E-state index contributed by atoms with van der Waals surface area (Å²) in [5, 5.41) is 3.13. The Morgan fingerprint density at radius 1 is 1.13 bits per heavy atom. The molecular formula is C16H21N3O3S. The number of carbonyl (C=O) groups is 2. The molecule has 0 spiro atoms. The Hall–Kier alpha value is -2.15. The van der Waals surface area contributed by atoms with E-state index in [1.807, 2.05) is 24.0 Å². The van der Waals surface area contributed by atoms with Gasteiger partial charge in [0.05, 0.1) is 6.61 Å². The zero-order valence-corrected chi connectivity index (χ0v) is 14.2. The monoisotopic (exact) mass is 335 g/mol. The van der Waals surface area contributed by atoms with E-state index in [0.29, 0.717) is 43.5 Å². The lowest BCUT2D eigenvalue weighted by molar-refractivity contribution is 0.0897. The fourth-order valence-corrected chi connectivity index (χ4v) is 2.54. The van der Waals surface area contributed by atoms with E-state index in [0.717, 1.165) is 5.56 Å². The summed E-state index contributed by atoms with van der Waals surface area (Å²) in [4.78, 5) is 27.3. The maximum Gasteiger partial charge on any atom is 0.409 e. The van der Waals surface area contributed by atoms with E-state index < -0.39 is 0 Å². The highest BCUT2D eigenvalue weighted by molar-refractivity contribution is 7.80. The van der Waals surface area contributed by atoms with Gasteiger partial charge < -0.3 is 14.5 Å². The first-order chi connectivity index (χ1) is 11.0. The van der Waals surface area contributed by atoms with Crippen molar-refractivity contribution in [3.63, 3.8) is 0 Å². The molecule has 1 aliphatic rings. The Bertz CT molecular complexity index is 581. The minimum absolute atomic E-state index is 0.220. The quantitative estimate of drug-likeness (QED) is 0.835. The summed E-state index contributed by atoms with van der Waals surface area (Å²) in [6.07, 6.45) is -0.304. The minimum atomic E-state index is -0.304. The largest absolute Gasteiger partial charge is 0.450 e. The van der Waals surface area contributed by atoms with Crippen molar-refractivity contribution >= 4 is 29.3 Å². The summed E-state index contributed by atoms with van der Waals surface area (Å²) in [5.74, 6) is -0.220. The number of piperazine rings is 1. The number of amides is 2. The van der Waals surface area contributed by atoms with Crippen molar-refractivity contribution in [3.05, 3.63) is 35.4 Å². The molecule has 1 heterocycles. The van der Waals surface area contributed by atoms with Crippen LogP contribution in [0.1, 0.15) is 22.8 Å². The van der Waals surface area contributed by atoms with Gasteiger partial charge in [0.25, 0.3) is 5.91 Å². The van der Waals surface area contributed by atoms with E-state index in [1.165, 1.54) is 0 Å². The fourth-order valence-electron chi connectivity index (χ4n) is 2.26. The average molecular weight is 335 g/mol. The van der Waals surface area contributed by atoms with Crippen molar-refractivity contribution in [2.75, 3.05) is 32.8 Å². The molecule has 7 heteroatoms. The van der Waals surface area contributed by atoms with Crippen molar-refractivity contribution in [1.29, 1.82) is 0 Å². The Morgan fingerprint density at radius 3 is 2.26 bits per heavy atom. The molecule has 0 aromatic heterocycles. The normalized spacial score (nSPS) is 14.3. The molecule has 2 rings (SSSR count). The van der Waals surface area contributed by atoms with Gasteiger partial charge >= 0.3 is 6.09 Å². The third-order valence-corrected chi connectivity index (χ3v) is 3.99. The minimum Gasteiger partial charge on any atom is -0.450 e. The van der Waals surface area contributed by atoms with Crippen LogP contribution in [0.2, 0.25) is 0 Å². The first-order valence-electron chi connectivity index (χ1n) is 7.60. The number of nitrogens with one attached hydrogen (secondary N) is 1. The number of carbonyl (C=O) groups excluding carboxylic acids is 2. The Morgan fingerprint density at radius 2 is 1.70 bits per heavy atom. The van der Waals surface area contributed by atoms with Crippen molar-refractivity contribution in [1.82, 2.24) is 15.1 Å². The van der Waals surface area contributed by atoms with Crippen molar-refractivity contribution in [2.45, 2.75) is 13.8 Å². The summed E-state index contributed by atoms with van der Waals surface area (Å²) < 4.78 is 4.97. The van der Waals surface area contributed by atoms with Gasteiger partial charge in [-0.3, -0.25) is 10.1 Å². The van der Waals surface area contributed by atoms with Crippen LogP contribution in [0.4, 0.5) is 4.79 Å². The third kappa shape index (κ3) is 4.66. The number of rotatable bonds is 2. The van der Waals surface area contributed by atoms with Crippen molar-refractivity contribution < 1.29 is 14.3 Å². The van der Waals surface area contributed by atoms with Gasteiger partial charge in [0, 0.05) is 31.7 Å². The van der Waals surface area contributed by atoms with Crippen LogP contribution in [0.25, 0.3) is 0 Å². The summed E-state index contributed by atoms with van der Waals surface area (Å²) in [6, 6.07) is 7.31. The molecule has 1 saturated heterocycles. The molecule has 0 atom stereocenters. The van der Waals surface area contributed by atoms with Crippen molar-refractivity contribution in [3.8, 4) is 0 Å². The lowest BCUT2D eigenvalue weighted by Gasteiger charge is -2.35. The lowest BCUT2D eigenvalue weighted by Crippen LogP contribution is -2.54. The second-order valence-electron chi connectivity index (χ2n) is 5.30. The van der Waals surface area contributed by atoms with E-state index in [4.69, 9.17) is 17.0 Å². The molecule has 0 radical (unpaired) electrons. The first kappa shape index (κ1) is 17.2. The molecule has 1 N–H and O–H groups in total. The number of hydrogen-bond donors (Lipinski definition) is 1. The van der Waals surface area contributed by atoms with Crippen LogP contribution in [0.15, 0.2) is 24.3 Å². The molecule has 124 valence electrons. The lowest BCUT2D eigenvalue weighted by atomic mass is 10.1. The predicted molar refractivity (Wildman–Crippen MR) is 91.4 cm³/mol. The van der Waals surface area contributed by atoms with Gasteiger partial charge in [-0.05, 0) is 38.2 Å². The molecule has 1 aromatic carbocycles. The SMILES string of the molecule is CCOC(=O)N1CCN(C(=S)NC(=O)c2ccc(C)cc2)CC1. The molecule has 1 fully saturated rings. The maximum absolute atomic E-state index is 12.2. The topological polar surface area (TPSA) is 61.9 Å². The standard InChI is InChI=1S/C16H21N3O3S/c1-3-22-16(21)19-10-8-18(9-11-19)15(23)17-14(20)13-6-4-12(2)5-7-13/h4-7H,3,8-11H2,1-2H3,(H,17,20,23). The first-order valence-corrected chi connectivity index (χ1v) is 8.00. The van der Waals surface area contributed by atoms with E-state index in [-0.39, 0.29) is 12.0 Å². The van der Waals surface area contributed by atoms with Crippen LogP contribution >= 0.6 is 12.2 Å². The van der Waals surface area contributed by atoms with Gasteiger partial charge in [-0.1, -0.05) is 17.7 Å². The molecule has 1 aromatic rings. The summed E-state index contributed by atoms with van der Waals surface area (Å²) in [7, 11) is 0. The Labute approximate surface area is 141 Å². The van der Waals surface area contributed by atoms with Gasteiger partial charge in [-0.2, -0.15) is 0 Å². The Kier molecular flexibility index (Phi) is 5.92. The number of aryl methyl sites for hydroxylation is 1. The number of nitrogens with zero attached hydrogens (tertiary/aromatic N) is 2. The zero-order chi connectivity index (χ0) is 16.8. The highest BCUT2D eigenvalue weighted by atomic mass is 32.1. The van der Waals surface area contributed by atoms with Crippen LogP contribution in [0.3, 0.4) is 0 Å². The molecule has 2 amide bonds. The summed E-state index contributed by atoms with van der Waals surface area (Å²) >= 11 is 5.29. The van der Waals surface area contributed by atoms with Crippen LogP contribution < -0.4 is 5.32 Å². The summed E-state index contributed by atoms with van der Waals surface area (Å²) in [5.41, 5.74) is 1.67. The molecule has 0 bridgehead atoms. The van der Waals surface area contributed by atoms with Gasteiger partial charge in [-0.25, -0.2) is 4.79 Å². The molecule has 0 unspecified atom stereocenters. The number of thiocarbonyl (C=S) groups is 1. The third-order valence-electron chi connectivity index (χ3n) is 3.63. The summed E-state index contributed by atoms with van der Waals surface area (Å²) in [6.45, 7) is 6.32. The highest BCUT2D eigenvalue weighted by Crippen LogP contribution is 2.06. The molecule has 0 aliphatic carbocycles. The molecule has 1 aliphatic heterocycles. The molecule has 23 heavy (non-hydrogen) atoms. The second kappa shape index (κ2) is 7.92. The van der Waals surface area contributed by atoms with Crippen LogP contribution in [-0.4, -0.2) is 59.7 Å². The second-order valence-corrected chi connectivity index (χ2v) is 5.69.